The first-order chi connectivity index (χ1) is 13.7. The molecule has 0 saturated carbocycles. The summed E-state index contributed by atoms with van der Waals surface area (Å²) >= 11 is 0. The summed E-state index contributed by atoms with van der Waals surface area (Å²) in [7, 11) is 0. The van der Waals surface area contributed by atoms with Gasteiger partial charge in [0.05, 0.1) is 5.52 Å². The van der Waals surface area contributed by atoms with Gasteiger partial charge in [-0.25, -0.2) is 9.78 Å². The van der Waals surface area contributed by atoms with Crippen LogP contribution in [0.3, 0.4) is 0 Å². The van der Waals surface area contributed by atoms with Crippen molar-refractivity contribution in [3.05, 3.63) is 83.5 Å². The highest BCUT2D eigenvalue weighted by molar-refractivity contribution is 5.86. The van der Waals surface area contributed by atoms with Gasteiger partial charge >= 0.3 is 5.76 Å². The molecule has 7 nitrogen and oxygen atoms in total. The number of rotatable bonds is 4. The Hall–Kier alpha value is -4.13. The second kappa shape index (κ2) is 6.55. The molecule has 0 aliphatic rings. The van der Waals surface area contributed by atoms with E-state index in [0.717, 1.165) is 16.8 Å². The van der Waals surface area contributed by atoms with E-state index in [0.29, 0.717) is 22.9 Å². The standard InChI is InChI=1S/C21H15N5O2/c27-21-25-17-12-16(7-8-18(17)28-21)23-19-9-10-22-20(26-19)24-15-6-5-13-3-1-2-4-14(13)11-15/h1-12H,(H,25,27)(H2,22,23,24,26). The molecule has 0 aliphatic carbocycles. The lowest BCUT2D eigenvalue weighted by atomic mass is 10.1. The van der Waals surface area contributed by atoms with Gasteiger partial charge in [0.1, 0.15) is 5.82 Å². The predicted octanol–water partition coefficient (Wildman–Crippen LogP) is 4.55. The van der Waals surface area contributed by atoms with Gasteiger partial charge in [-0.15, -0.1) is 0 Å². The Balaban J connectivity index is 1.39. The van der Waals surface area contributed by atoms with Crippen molar-refractivity contribution in [1.82, 2.24) is 15.0 Å². The second-order valence-corrected chi connectivity index (χ2v) is 6.30. The molecule has 3 aromatic carbocycles. The maximum atomic E-state index is 11.3. The lowest BCUT2D eigenvalue weighted by Crippen LogP contribution is -2.00. The normalized spacial score (nSPS) is 11.0. The minimum Gasteiger partial charge on any atom is -0.408 e. The molecular formula is C21H15N5O2. The Labute approximate surface area is 159 Å². The Morgan fingerprint density at radius 1 is 0.857 bits per heavy atom. The minimum absolute atomic E-state index is 0.476. The first kappa shape index (κ1) is 16.1. The largest absolute Gasteiger partial charge is 0.417 e. The van der Waals surface area contributed by atoms with E-state index in [4.69, 9.17) is 4.42 Å². The van der Waals surface area contributed by atoms with Crippen molar-refractivity contribution in [1.29, 1.82) is 0 Å². The molecule has 0 saturated heterocycles. The van der Waals surface area contributed by atoms with Crippen LogP contribution in [0, 0.1) is 0 Å². The Bertz CT molecular complexity index is 1360. The molecular weight excluding hydrogens is 354 g/mol. The molecule has 0 fully saturated rings. The van der Waals surface area contributed by atoms with Crippen LogP contribution in [0.2, 0.25) is 0 Å². The SMILES string of the molecule is O=c1[nH]c2cc(Nc3ccnc(Nc4ccc5ccccc5c4)n3)ccc2o1. The van der Waals surface area contributed by atoms with Crippen molar-refractivity contribution in [3.63, 3.8) is 0 Å². The number of anilines is 4. The lowest BCUT2D eigenvalue weighted by Gasteiger charge is -2.09. The number of fused-ring (bicyclic) bond motifs is 2. The first-order valence-electron chi connectivity index (χ1n) is 8.72. The Morgan fingerprint density at radius 2 is 1.68 bits per heavy atom. The van der Waals surface area contributed by atoms with E-state index < -0.39 is 5.76 Å². The van der Waals surface area contributed by atoms with E-state index in [1.54, 1.807) is 24.4 Å². The maximum absolute atomic E-state index is 11.3. The molecule has 2 aromatic heterocycles. The summed E-state index contributed by atoms with van der Waals surface area (Å²) in [5.74, 6) is 0.637. The van der Waals surface area contributed by atoms with E-state index in [9.17, 15) is 4.79 Å². The number of hydrogen-bond acceptors (Lipinski definition) is 6. The van der Waals surface area contributed by atoms with Gasteiger partial charge in [0.25, 0.3) is 0 Å². The summed E-state index contributed by atoms with van der Waals surface area (Å²) < 4.78 is 5.01. The van der Waals surface area contributed by atoms with Crippen molar-refractivity contribution in [3.8, 4) is 0 Å². The van der Waals surface area contributed by atoms with Gasteiger partial charge in [-0.3, -0.25) is 4.98 Å². The molecule has 0 bridgehead atoms. The van der Waals surface area contributed by atoms with Gasteiger partial charge in [-0.05, 0) is 47.2 Å². The summed E-state index contributed by atoms with van der Waals surface area (Å²) in [5, 5.41) is 8.76. The maximum Gasteiger partial charge on any atom is 0.417 e. The zero-order valence-electron chi connectivity index (χ0n) is 14.6. The molecule has 5 rings (SSSR count). The fraction of sp³-hybridized carbons (Fsp3) is 0. The highest BCUT2D eigenvalue weighted by atomic mass is 16.4. The van der Waals surface area contributed by atoms with Crippen LogP contribution in [0.5, 0.6) is 0 Å². The third-order valence-electron chi connectivity index (χ3n) is 4.35. The summed E-state index contributed by atoms with van der Waals surface area (Å²) in [6.45, 7) is 0. The lowest BCUT2D eigenvalue weighted by molar-refractivity contribution is 0.555. The molecule has 7 heteroatoms. The van der Waals surface area contributed by atoms with Crippen LogP contribution in [-0.4, -0.2) is 15.0 Å². The molecule has 3 N–H and O–H groups in total. The average Bonchev–Trinajstić information content (AvgIpc) is 3.07. The van der Waals surface area contributed by atoms with E-state index in [-0.39, 0.29) is 0 Å². The van der Waals surface area contributed by atoms with Crippen molar-refractivity contribution >= 4 is 45.0 Å². The van der Waals surface area contributed by atoms with Gasteiger partial charge in [-0.1, -0.05) is 30.3 Å². The van der Waals surface area contributed by atoms with Gasteiger partial charge < -0.3 is 15.1 Å². The van der Waals surface area contributed by atoms with Gasteiger partial charge in [-0.2, -0.15) is 4.98 Å². The fourth-order valence-corrected chi connectivity index (χ4v) is 3.06. The van der Waals surface area contributed by atoms with Gasteiger partial charge in [0.15, 0.2) is 5.58 Å². The third-order valence-corrected chi connectivity index (χ3v) is 4.35. The smallest absolute Gasteiger partial charge is 0.408 e. The van der Waals surface area contributed by atoms with Crippen molar-refractivity contribution in [2.24, 2.45) is 0 Å². The van der Waals surface area contributed by atoms with Crippen LogP contribution < -0.4 is 16.4 Å². The number of hydrogen-bond donors (Lipinski definition) is 3. The van der Waals surface area contributed by atoms with Gasteiger partial charge in [0.2, 0.25) is 5.95 Å². The number of H-pyrrole nitrogens is 1. The molecule has 136 valence electrons. The van der Waals surface area contributed by atoms with E-state index in [2.05, 4.69) is 49.9 Å². The van der Waals surface area contributed by atoms with Crippen LogP contribution in [0.1, 0.15) is 0 Å². The minimum atomic E-state index is -0.476. The number of nitrogens with zero attached hydrogens (tertiary/aromatic N) is 2. The van der Waals surface area contributed by atoms with Crippen LogP contribution in [-0.2, 0) is 0 Å². The zero-order valence-corrected chi connectivity index (χ0v) is 14.6. The highest BCUT2D eigenvalue weighted by Gasteiger charge is 2.05. The fourth-order valence-electron chi connectivity index (χ4n) is 3.06. The number of aromatic amines is 1. The van der Waals surface area contributed by atoms with Crippen molar-refractivity contribution in [2.75, 3.05) is 10.6 Å². The van der Waals surface area contributed by atoms with E-state index in [1.807, 2.05) is 24.3 Å². The highest BCUT2D eigenvalue weighted by Crippen LogP contribution is 2.23. The van der Waals surface area contributed by atoms with Crippen molar-refractivity contribution in [2.45, 2.75) is 0 Å². The Kier molecular flexibility index (Phi) is 3.76. The molecule has 2 heterocycles. The number of nitrogens with one attached hydrogen (secondary N) is 3. The zero-order chi connectivity index (χ0) is 18.9. The number of oxazole rings is 1. The summed E-state index contributed by atoms with van der Waals surface area (Å²) in [5.41, 5.74) is 2.82. The van der Waals surface area contributed by atoms with Crippen molar-refractivity contribution < 1.29 is 4.42 Å². The summed E-state index contributed by atoms with van der Waals surface area (Å²) in [6, 6.07) is 21.4. The average molecular weight is 369 g/mol. The molecule has 0 amide bonds. The molecule has 0 radical (unpaired) electrons. The van der Waals surface area contributed by atoms with Crippen LogP contribution in [0.4, 0.5) is 23.1 Å². The molecule has 0 spiro atoms. The Morgan fingerprint density at radius 3 is 2.61 bits per heavy atom. The second-order valence-electron chi connectivity index (χ2n) is 6.30. The first-order valence-corrected chi connectivity index (χ1v) is 8.72. The molecule has 5 aromatic rings. The summed E-state index contributed by atoms with van der Waals surface area (Å²) in [6.07, 6.45) is 1.68. The monoisotopic (exact) mass is 369 g/mol. The third kappa shape index (κ3) is 3.16. The van der Waals surface area contributed by atoms with E-state index >= 15 is 0 Å². The molecule has 0 unspecified atom stereocenters. The van der Waals surface area contributed by atoms with Crippen LogP contribution in [0.25, 0.3) is 21.9 Å². The van der Waals surface area contributed by atoms with Crippen LogP contribution in [0.15, 0.2) is 82.1 Å². The number of aromatic nitrogens is 3. The topological polar surface area (TPSA) is 95.8 Å². The van der Waals surface area contributed by atoms with Gasteiger partial charge in [0, 0.05) is 17.6 Å². The molecule has 0 atom stereocenters. The molecule has 0 aliphatic heterocycles. The summed E-state index contributed by atoms with van der Waals surface area (Å²) in [4.78, 5) is 22.7. The number of benzene rings is 3. The predicted molar refractivity (Wildman–Crippen MR) is 109 cm³/mol. The quantitative estimate of drug-likeness (QED) is 0.430. The molecule has 28 heavy (non-hydrogen) atoms. The van der Waals surface area contributed by atoms with E-state index in [1.165, 1.54) is 5.39 Å². The van der Waals surface area contributed by atoms with Crippen LogP contribution >= 0.6 is 0 Å².